The summed E-state index contributed by atoms with van der Waals surface area (Å²) in [5, 5.41) is 6.82. The molecule has 3 rings (SSSR count). The van der Waals surface area contributed by atoms with Gasteiger partial charge >= 0.3 is 0 Å². The molecule has 2 amide bonds. The minimum Gasteiger partial charge on any atom is -0.412 e. The van der Waals surface area contributed by atoms with Gasteiger partial charge in [0.2, 0.25) is 5.91 Å². The SMILES string of the molecule is CCN(CC)CCCNCCCC(=O)N1c2ccc(Cl)cc2NC(=O)c2ccccc21.Cl.Cl.O.O. The highest BCUT2D eigenvalue weighted by molar-refractivity contribution is 6.31. The smallest absolute Gasteiger partial charge is 0.257 e. The zero-order valence-corrected chi connectivity index (χ0v) is 22.5. The Hall–Kier alpha value is -1.91. The van der Waals surface area contributed by atoms with E-state index in [1.165, 1.54) is 0 Å². The number of carbonyl (C=O) groups excluding carboxylic acids is 2. The number of carbonyl (C=O) groups is 2. The van der Waals surface area contributed by atoms with Crippen LogP contribution in [0.4, 0.5) is 17.1 Å². The summed E-state index contributed by atoms with van der Waals surface area (Å²) < 4.78 is 0. The molecule has 198 valence electrons. The van der Waals surface area contributed by atoms with Crippen molar-refractivity contribution in [3.05, 3.63) is 53.1 Å². The third-order valence-corrected chi connectivity index (χ3v) is 5.79. The molecule has 2 aromatic rings. The molecule has 11 heteroatoms. The Morgan fingerprint density at radius 1 is 1.00 bits per heavy atom. The molecular weight excluding hydrogens is 515 g/mol. The van der Waals surface area contributed by atoms with E-state index in [4.69, 9.17) is 11.6 Å². The van der Waals surface area contributed by atoms with Gasteiger partial charge in [0.15, 0.2) is 0 Å². The molecular formula is C24H37Cl3N4O4. The molecule has 0 fully saturated rings. The Balaban J connectivity index is 0. The monoisotopic (exact) mass is 550 g/mol. The lowest BCUT2D eigenvalue weighted by Crippen LogP contribution is -2.29. The molecule has 0 radical (unpaired) electrons. The van der Waals surface area contributed by atoms with E-state index in [-0.39, 0.29) is 47.6 Å². The third-order valence-electron chi connectivity index (χ3n) is 5.55. The lowest BCUT2D eigenvalue weighted by molar-refractivity contribution is -0.118. The number of anilines is 3. The predicted octanol–water partition coefficient (Wildman–Crippen LogP) is 3.87. The van der Waals surface area contributed by atoms with Gasteiger partial charge in [0.1, 0.15) is 0 Å². The van der Waals surface area contributed by atoms with E-state index in [0.29, 0.717) is 34.1 Å². The van der Waals surface area contributed by atoms with Gasteiger partial charge in [-0.2, -0.15) is 0 Å². The Kier molecular flexibility index (Phi) is 17.6. The van der Waals surface area contributed by atoms with Gasteiger partial charge in [-0.05, 0) is 75.9 Å². The molecule has 2 aromatic carbocycles. The minimum atomic E-state index is -0.246. The van der Waals surface area contributed by atoms with Crippen LogP contribution < -0.4 is 15.5 Å². The van der Waals surface area contributed by atoms with Gasteiger partial charge in [0.25, 0.3) is 5.91 Å². The minimum absolute atomic E-state index is 0. The zero-order valence-electron chi connectivity index (χ0n) is 20.1. The summed E-state index contributed by atoms with van der Waals surface area (Å²) in [6.07, 6.45) is 2.21. The molecule has 35 heavy (non-hydrogen) atoms. The lowest BCUT2D eigenvalue weighted by atomic mass is 10.1. The highest BCUT2D eigenvalue weighted by Gasteiger charge is 2.28. The maximum atomic E-state index is 13.2. The third kappa shape index (κ3) is 9.24. The van der Waals surface area contributed by atoms with Crippen molar-refractivity contribution in [2.75, 3.05) is 42.9 Å². The van der Waals surface area contributed by atoms with Crippen LogP contribution in [0.5, 0.6) is 0 Å². The second kappa shape index (κ2) is 17.5. The highest BCUT2D eigenvalue weighted by Crippen LogP contribution is 2.39. The van der Waals surface area contributed by atoms with E-state index in [1.807, 2.05) is 12.1 Å². The average Bonchev–Trinajstić information content (AvgIpc) is 2.89. The van der Waals surface area contributed by atoms with Crippen molar-refractivity contribution >= 4 is 65.3 Å². The molecule has 0 atom stereocenters. The van der Waals surface area contributed by atoms with Crippen LogP contribution >= 0.6 is 36.4 Å². The summed E-state index contributed by atoms with van der Waals surface area (Å²) in [6, 6.07) is 12.4. The number of benzene rings is 2. The first kappa shape index (κ1) is 35.3. The van der Waals surface area contributed by atoms with Crippen molar-refractivity contribution in [2.24, 2.45) is 0 Å². The number of nitrogens with one attached hydrogen (secondary N) is 2. The van der Waals surface area contributed by atoms with Crippen LogP contribution in [0.25, 0.3) is 0 Å². The second-order valence-electron chi connectivity index (χ2n) is 7.60. The topological polar surface area (TPSA) is 128 Å². The first-order valence-electron chi connectivity index (χ1n) is 11.0. The number of para-hydroxylation sites is 1. The zero-order chi connectivity index (χ0) is 22.2. The van der Waals surface area contributed by atoms with Crippen LogP contribution in [0.2, 0.25) is 5.02 Å². The van der Waals surface area contributed by atoms with Crippen LogP contribution in [0, 0.1) is 0 Å². The average molecular weight is 552 g/mol. The van der Waals surface area contributed by atoms with E-state index in [1.54, 1.807) is 35.2 Å². The summed E-state index contributed by atoms with van der Waals surface area (Å²) in [7, 11) is 0. The molecule has 1 heterocycles. The molecule has 0 aromatic heterocycles. The van der Waals surface area contributed by atoms with Crippen LogP contribution in [0.3, 0.4) is 0 Å². The van der Waals surface area contributed by atoms with Gasteiger partial charge in [0, 0.05) is 11.4 Å². The predicted molar refractivity (Wildman–Crippen MR) is 149 cm³/mol. The van der Waals surface area contributed by atoms with Crippen molar-refractivity contribution in [2.45, 2.75) is 33.1 Å². The maximum absolute atomic E-state index is 13.2. The van der Waals surface area contributed by atoms with E-state index in [0.717, 1.165) is 45.6 Å². The van der Waals surface area contributed by atoms with Crippen molar-refractivity contribution in [1.29, 1.82) is 0 Å². The van der Waals surface area contributed by atoms with Gasteiger partial charge < -0.3 is 26.5 Å². The number of fused-ring (bicyclic) bond motifs is 2. The summed E-state index contributed by atoms with van der Waals surface area (Å²) in [6.45, 7) is 9.32. The van der Waals surface area contributed by atoms with Gasteiger partial charge in [-0.15, -0.1) is 24.8 Å². The fraction of sp³-hybridized carbons (Fsp3) is 0.417. The molecule has 1 aliphatic rings. The first-order chi connectivity index (χ1) is 15.0. The number of hydrogen-bond acceptors (Lipinski definition) is 4. The Labute approximate surface area is 224 Å². The quantitative estimate of drug-likeness (QED) is 0.434. The highest BCUT2D eigenvalue weighted by atomic mass is 35.5. The molecule has 8 nitrogen and oxygen atoms in total. The van der Waals surface area contributed by atoms with E-state index in [2.05, 4.69) is 29.4 Å². The Morgan fingerprint density at radius 3 is 2.34 bits per heavy atom. The Morgan fingerprint density at radius 2 is 1.66 bits per heavy atom. The van der Waals surface area contributed by atoms with E-state index >= 15 is 0 Å². The molecule has 0 aliphatic carbocycles. The Bertz CT molecular complexity index is 929. The molecule has 0 spiro atoms. The fourth-order valence-electron chi connectivity index (χ4n) is 3.82. The van der Waals surface area contributed by atoms with Crippen molar-refractivity contribution < 1.29 is 20.5 Å². The molecule has 1 aliphatic heterocycles. The molecule has 0 unspecified atom stereocenters. The van der Waals surface area contributed by atoms with E-state index < -0.39 is 0 Å². The number of hydrogen-bond donors (Lipinski definition) is 2. The first-order valence-corrected chi connectivity index (χ1v) is 11.4. The van der Waals surface area contributed by atoms with Gasteiger partial charge in [0.05, 0.1) is 22.6 Å². The van der Waals surface area contributed by atoms with Gasteiger partial charge in [-0.3, -0.25) is 14.5 Å². The number of rotatable bonds is 10. The summed E-state index contributed by atoms with van der Waals surface area (Å²) in [5.41, 5.74) is 2.24. The summed E-state index contributed by atoms with van der Waals surface area (Å²) in [4.78, 5) is 30.0. The van der Waals surface area contributed by atoms with Gasteiger partial charge in [-0.1, -0.05) is 37.6 Å². The van der Waals surface area contributed by atoms with Crippen molar-refractivity contribution in [3.8, 4) is 0 Å². The standard InChI is InChI=1S/C24H31ClN4O2.2ClH.2H2O/c1-3-28(4-2)16-8-15-26-14-7-11-23(30)29-21-10-6-5-9-19(21)24(31)27-20-17-18(25)12-13-22(20)29;;;;/h5-6,9-10,12-13,17,26H,3-4,7-8,11,14-16H2,1-2H3,(H,27,31);2*1H;2*1H2. The second-order valence-corrected chi connectivity index (χ2v) is 8.03. The lowest BCUT2D eigenvalue weighted by Gasteiger charge is -2.24. The van der Waals surface area contributed by atoms with Crippen molar-refractivity contribution in [1.82, 2.24) is 10.2 Å². The normalized spacial score (nSPS) is 11.4. The molecule has 0 saturated heterocycles. The number of halogens is 3. The fourth-order valence-corrected chi connectivity index (χ4v) is 3.99. The molecule has 0 saturated carbocycles. The number of amides is 2. The van der Waals surface area contributed by atoms with Gasteiger partial charge in [-0.25, -0.2) is 0 Å². The van der Waals surface area contributed by atoms with Crippen LogP contribution in [0.15, 0.2) is 42.5 Å². The summed E-state index contributed by atoms with van der Waals surface area (Å²) >= 11 is 6.13. The van der Waals surface area contributed by atoms with Crippen LogP contribution in [-0.4, -0.2) is 60.4 Å². The molecule has 6 N–H and O–H groups in total. The van der Waals surface area contributed by atoms with E-state index in [9.17, 15) is 9.59 Å². The molecule has 0 bridgehead atoms. The van der Waals surface area contributed by atoms with Crippen molar-refractivity contribution in [3.63, 3.8) is 0 Å². The maximum Gasteiger partial charge on any atom is 0.257 e. The summed E-state index contributed by atoms with van der Waals surface area (Å²) in [5.74, 6) is -0.290. The van der Waals surface area contributed by atoms with Crippen LogP contribution in [0.1, 0.15) is 43.5 Å². The number of nitrogens with zero attached hydrogens (tertiary/aromatic N) is 2. The largest absolute Gasteiger partial charge is 0.412 e. The van der Waals surface area contributed by atoms with Crippen LogP contribution in [-0.2, 0) is 4.79 Å².